The summed E-state index contributed by atoms with van der Waals surface area (Å²) in [5, 5.41) is 12.4. The Morgan fingerprint density at radius 1 is 1.16 bits per heavy atom. The number of carbonyl (C=O) groups excluding carboxylic acids is 1. The second-order valence-electron chi connectivity index (χ2n) is 4.96. The van der Waals surface area contributed by atoms with E-state index < -0.39 is 0 Å². The minimum Gasteiger partial charge on any atom is -0.496 e. The van der Waals surface area contributed by atoms with Crippen LogP contribution in [0.5, 0.6) is 5.75 Å². The molecule has 0 atom stereocenters. The Morgan fingerprint density at radius 3 is 2.72 bits per heavy atom. The molecule has 0 fully saturated rings. The highest BCUT2D eigenvalue weighted by molar-refractivity contribution is 7.18. The molecule has 126 valence electrons. The minimum atomic E-state index is -0.298. The van der Waals surface area contributed by atoms with Crippen molar-refractivity contribution in [3.63, 3.8) is 0 Å². The number of carbonyl (C=O) groups is 1. The highest BCUT2D eigenvalue weighted by atomic mass is 35.5. The van der Waals surface area contributed by atoms with Gasteiger partial charge in [-0.15, -0.1) is 10.2 Å². The maximum atomic E-state index is 12.1. The normalized spacial score (nSPS) is 10.8. The first-order valence-electron chi connectivity index (χ1n) is 7.38. The van der Waals surface area contributed by atoms with Crippen molar-refractivity contribution in [2.75, 3.05) is 12.4 Å². The van der Waals surface area contributed by atoms with Gasteiger partial charge in [0, 0.05) is 17.2 Å². The van der Waals surface area contributed by atoms with Crippen molar-refractivity contribution in [1.29, 1.82) is 0 Å². The number of para-hydroxylation sites is 1. The first-order valence-corrected chi connectivity index (χ1v) is 8.57. The molecule has 1 N–H and O–H groups in total. The van der Waals surface area contributed by atoms with E-state index in [1.807, 2.05) is 42.5 Å². The number of halogens is 1. The van der Waals surface area contributed by atoms with Crippen LogP contribution in [-0.2, 0) is 4.79 Å². The van der Waals surface area contributed by atoms with Gasteiger partial charge in [-0.1, -0.05) is 59.3 Å². The van der Waals surface area contributed by atoms with Crippen molar-refractivity contribution in [1.82, 2.24) is 10.2 Å². The molecule has 0 aliphatic heterocycles. The van der Waals surface area contributed by atoms with Crippen molar-refractivity contribution < 1.29 is 9.53 Å². The Balaban J connectivity index is 1.70. The van der Waals surface area contributed by atoms with Gasteiger partial charge in [0.05, 0.1) is 12.1 Å². The number of ether oxygens (including phenoxy) is 1. The van der Waals surface area contributed by atoms with Gasteiger partial charge in [0.1, 0.15) is 5.75 Å². The summed E-state index contributed by atoms with van der Waals surface area (Å²) in [6, 6.07) is 14.8. The predicted molar refractivity (Wildman–Crippen MR) is 101 cm³/mol. The first kappa shape index (κ1) is 17.1. The SMILES string of the molecule is COc1ccccc1/C=C/C(=O)Nc1nnc(-c2ccccc2Cl)s1. The molecular weight excluding hydrogens is 358 g/mol. The molecule has 0 bridgehead atoms. The summed E-state index contributed by atoms with van der Waals surface area (Å²) in [5.74, 6) is 0.399. The minimum absolute atomic E-state index is 0.298. The van der Waals surface area contributed by atoms with Crippen LogP contribution in [0.15, 0.2) is 54.6 Å². The number of rotatable bonds is 5. The van der Waals surface area contributed by atoms with Crippen LogP contribution in [0.3, 0.4) is 0 Å². The molecule has 1 amide bonds. The average Bonchev–Trinajstić information content (AvgIpc) is 3.08. The van der Waals surface area contributed by atoms with Crippen molar-refractivity contribution in [2.45, 2.75) is 0 Å². The van der Waals surface area contributed by atoms with E-state index in [4.69, 9.17) is 16.3 Å². The van der Waals surface area contributed by atoms with Gasteiger partial charge in [-0.25, -0.2) is 0 Å². The van der Waals surface area contributed by atoms with Gasteiger partial charge in [0.15, 0.2) is 5.01 Å². The van der Waals surface area contributed by atoms with Crippen molar-refractivity contribution >= 4 is 40.1 Å². The van der Waals surface area contributed by atoms with Crippen LogP contribution in [0, 0.1) is 0 Å². The first-order chi connectivity index (χ1) is 12.2. The van der Waals surface area contributed by atoms with E-state index in [9.17, 15) is 4.79 Å². The Bertz CT molecular complexity index is 924. The number of aromatic nitrogens is 2. The van der Waals surface area contributed by atoms with Crippen molar-refractivity contribution in [3.05, 3.63) is 65.2 Å². The summed E-state index contributed by atoms with van der Waals surface area (Å²) < 4.78 is 5.24. The number of nitrogens with zero attached hydrogens (tertiary/aromatic N) is 2. The third-order valence-corrected chi connectivity index (χ3v) is 4.51. The average molecular weight is 372 g/mol. The predicted octanol–water partition coefficient (Wildman–Crippen LogP) is 4.52. The van der Waals surface area contributed by atoms with Crippen LogP contribution in [-0.4, -0.2) is 23.2 Å². The van der Waals surface area contributed by atoms with Gasteiger partial charge in [-0.2, -0.15) is 0 Å². The molecule has 0 radical (unpaired) electrons. The van der Waals surface area contributed by atoms with Gasteiger partial charge < -0.3 is 4.74 Å². The van der Waals surface area contributed by atoms with Gasteiger partial charge in [-0.3, -0.25) is 10.1 Å². The van der Waals surface area contributed by atoms with E-state index in [1.54, 1.807) is 19.3 Å². The van der Waals surface area contributed by atoms with E-state index in [-0.39, 0.29) is 5.91 Å². The lowest BCUT2D eigenvalue weighted by Gasteiger charge is -2.03. The number of nitrogens with one attached hydrogen (secondary N) is 1. The summed E-state index contributed by atoms with van der Waals surface area (Å²) in [6.45, 7) is 0. The molecule has 3 aromatic rings. The molecule has 0 unspecified atom stereocenters. The molecule has 0 saturated carbocycles. The molecule has 1 heterocycles. The van der Waals surface area contributed by atoms with Crippen LogP contribution < -0.4 is 10.1 Å². The lowest BCUT2D eigenvalue weighted by atomic mass is 10.2. The Morgan fingerprint density at radius 2 is 1.92 bits per heavy atom. The summed E-state index contributed by atoms with van der Waals surface area (Å²) in [5.41, 5.74) is 1.60. The monoisotopic (exact) mass is 371 g/mol. The van der Waals surface area contributed by atoms with Crippen LogP contribution in [0.25, 0.3) is 16.6 Å². The number of hydrogen-bond donors (Lipinski definition) is 1. The van der Waals surface area contributed by atoms with Crippen LogP contribution >= 0.6 is 22.9 Å². The highest BCUT2D eigenvalue weighted by Crippen LogP contribution is 2.31. The zero-order valence-electron chi connectivity index (χ0n) is 13.3. The Hall–Kier alpha value is -2.70. The van der Waals surface area contributed by atoms with Gasteiger partial charge in [0.25, 0.3) is 0 Å². The molecule has 7 heteroatoms. The quantitative estimate of drug-likeness (QED) is 0.670. The van der Waals surface area contributed by atoms with E-state index in [1.165, 1.54) is 17.4 Å². The molecule has 0 spiro atoms. The second kappa shape index (κ2) is 7.92. The van der Waals surface area contributed by atoms with E-state index in [2.05, 4.69) is 15.5 Å². The Kier molecular flexibility index (Phi) is 5.42. The molecule has 5 nitrogen and oxygen atoms in total. The molecular formula is C18H14ClN3O2S. The topological polar surface area (TPSA) is 64.1 Å². The molecule has 0 saturated heterocycles. The summed E-state index contributed by atoms with van der Waals surface area (Å²) in [7, 11) is 1.59. The summed E-state index contributed by atoms with van der Waals surface area (Å²) in [4.78, 5) is 12.1. The number of amides is 1. The van der Waals surface area contributed by atoms with Crippen molar-refractivity contribution in [3.8, 4) is 16.3 Å². The number of anilines is 1. The largest absolute Gasteiger partial charge is 0.496 e. The lowest BCUT2D eigenvalue weighted by Crippen LogP contribution is -2.07. The fourth-order valence-electron chi connectivity index (χ4n) is 2.13. The maximum absolute atomic E-state index is 12.1. The van der Waals surface area contributed by atoms with Crippen LogP contribution in [0.1, 0.15) is 5.56 Å². The lowest BCUT2D eigenvalue weighted by molar-refractivity contribution is -0.111. The molecule has 0 aliphatic rings. The van der Waals surface area contributed by atoms with Crippen LogP contribution in [0.4, 0.5) is 5.13 Å². The van der Waals surface area contributed by atoms with Gasteiger partial charge >= 0.3 is 0 Å². The molecule has 25 heavy (non-hydrogen) atoms. The smallest absolute Gasteiger partial charge is 0.250 e. The third kappa shape index (κ3) is 4.23. The maximum Gasteiger partial charge on any atom is 0.250 e. The second-order valence-corrected chi connectivity index (χ2v) is 6.34. The zero-order chi connectivity index (χ0) is 17.6. The van der Waals surface area contributed by atoms with E-state index in [0.29, 0.717) is 20.9 Å². The van der Waals surface area contributed by atoms with Crippen LogP contribution in [0.2, 0.25) is 5.02 Å². The molecule has 0 aliphatic carbocycles. The van der Waals surface area contributed by atoms with E-state index >= 15 is 0 Å². The summed E-state index contributed by atoms with van der Waals surface area (Å²) in [6.07, 6.45) is 3.11. The van der Waals surface area contributed by atoms with Gasteiger partial charge in [-0.05, 0) is 18.2 Å². The molecule has 2 aromatic carbocycles. The standard InChI is InChI=1S/C18H14ClN3O2S/c1-24-15-9-5-2-6-12(15)10-11-16(23)20-18-22-21-17(25-18)13-7-3-4-8-14(13)19/h2-11H,1H3,(H,20,22,23)/b11-10+. The van der Waals surface area contributed by atoms with Crippen molar-refractivity contribution in [2.24, 2.45) is 0 Å². The molecule has 3 rings (SSSR count). The highest BCUT2D eigenvalue weighted by Gasteiger charge is 2.10. The Labute approximate surface area is 153 Å². The molecule has 1 aromatic heterocycles. The summed E-state index contributed by atoms with van der Waals surface area (Å²) >= 11 is 7.41. The number of hydrogen-bond acceptors (Lipinski definition) is 5. The van der Waals surface area contributed by atoms with Gasteiger partial charge in [0.2, 0.25) is 11.0 Å². The number of methoxy groups -OCH3 is 1. The fraction of sp³-hybridized carbons (Fsp3) is 0.0556. The zero-order valence-corrected chi connectivity index (χ0v) is 14.8. The number of benzene rings is 2. The fourth-order valence-corrected chi connectivity index (χ4v) is 3.20. The third-order valence-electron chi connectivity index (χ3n) is 3.31. The van der Waals surface area contributed by atoms with E-state index in [0.717, 1.165) is 11.1 Å².